The summed E-state index contributed by atoms with van der Waals surface area (Å²) in [6.07, 6.45) is 2.37. The minimum absolute atomic E-state index is 0.0975. The number of carbonyl (C=O) groups is 1. The van der Waals surface area contributed by atoms with E-state index in [1.807, 2.05) is 14.0 Å². The molecule has 0 aromatic carbocycles. The Morgan fingerprint density at radius 1 is 1.55 bits per heavy atom. The average molecular weight is 298 g/mol. The second kappa shape index (κ2) is 5.47. The number of fused-ring (bicyclic) bond motifs is 1. The predicted octanol–water partition coefficient (Wildman–Crippen LogP) is 1.36. The second-order valence-electron chi connectivity index (χ2n) is 5.73. The molecule has 1 aromatic rings. The first-order chi connectivity index (χ1) is 9.56. The van der Waals surface area contributed by atoms with Crippen molar-refractivity contribution in [3.8, 4) is 0 Å². The van der Waals surface area contributed by atoms with Gasteiger partial charge in [-0.2, -0.15) is 5.10 Å². The second-order valence-corrected chi connectivity index (χ2v) is 6.10. The topological polar surface area (TPSA) is 47.4 Å². The van der Waals surface area contributed by atoms with Crippen LogP contribution in [0.3, 0.4) is 0 Å². The van der Waals surface area contributed by atoms with Crippen molar-refractivity contribution in [1.29, 1.82) is 0 Å². The highest BCUT2D eigenvalue weighted by molar-refractivity contribution is 6.32. The van der Waals surface area contributed by atoms with Crippen molar-refractivity contribution in [2.24, 2.45) is 7.05 Å². The van der Waals surface area contributed by atoms with Crippen molar-refractivity contribution >= 4 is 17.4 Å². The summed E-state index contributed by atoms with van der Waals surface area (Å²) < 4.78 is 7.44. The van der Waals surface area contributed by atoms with E-state index in [0.29, 0.717) is 24.1 Å². The third-order valence-electron chi connectivity index (χ3n) is 4.35. The maximum absolute atomic E-state index is 12.4. The molecular formula is C14H20ClN3O2. The van der Waals surface area contributed by atoms with Gasteiger partial charge in [-0.1, -0.05) is 11.6 Å². The molecule has 0 aliphatic carbocycles. The fourth-order valence-electron chi connectivity index (χ4n) is 3.16. The molecule has 3 heterocycles. The van der Waals surface area contributed by atoms with Crippen molar-refractivity contribution in [3.05, 3.63) is 16.4 Å². The van der Waals surface area contributed by atoms with E-state index in [-0.39, 0.29) is 11.9 Å². The average Bonchev–Trinajstić information content (AvgIpc) is 2.98. The van der Waals surface area contributed by atoms with E-state index in [9.17, 15) is 4.79 Å². The van der Waals surface area contributed by atoms with Crippen LogP contribution >= 0.6 is 11.6 Å². The summed E-state index contributed by atoms with van der Waals surface area (Å²) in [5.41, 5.74) is 1.54. The first-order valence-corrected chi connectivity index (χ1v) is 7.50. The number of aromatic nitrogens is 2. The van der Waals surface area contributed by atoms with E-state index in [0.717, 1.165) is 24.5 Å². The molecule has 2 unspecified atom stereocenters. The van der Waals surface area contributed by atoms with E-state index in [4.69, 9.17) is 16.3 Å². The monoisotopic (exact) mass is 297 g/mol. The van der Waals surface area contributed by atoms with Gasteiger partial charge < -0.3 is 4.74 Å². The Hall–Kier alpha value is -0.910. The van der Waals surface area contributed by atoms with Crippen molar-refractivity contribution in [2.75, 3.05) is 19.7 Å². The Bertz CT molecular complexity index is 529. The maximum Gasteiger partial charge on any atom is 0.168 e. The molecule has 2 atom stereocenters. The fraction of sp³-hybridized carbons (Fsp3) is 0.714. The Labute approximate surface area is 123 Å². The fourth-order valence-corrected chi connectivity index (χ4v) is 3.39. The molecule has 0 bridgehead atoms. The highest BCUT2D eigenvalue weighted by Crippen LogP contribution is 2.25. The van der Waals surface area contributed by atoms with E-state index >= 15 is 0 Å². The minimum atomic E-state index is -0.323. The predicted molar refractivity (Wildman–Crippen MR) is 76.0 cm³/mol. The Kier molecular flexibility index (Phi) is 3.84. The summed E-state index contributed by atoms with van der Waals surface area (Å²) in [7, 11) is 1.82. The van der Waals surface area contributed by atoms with Crippen LogP contribution in [0.15, 0.2) is 0 Å². The zero-order valence-electron chi connectivity index (χ0n) is 11.9. The number of rotatable bonds is 3. The smallest absolute Gasteiger partial charge is 0.168 e. The third kappa shape index (κ3) is 2.50. The van der Waals surface area contributed by atoms with Gasteiger partial charge in [0.15, 0.2) is 5.78 Å². The molecule has 2 aliphatic heterocycles. The van der Waals surface area contributed by atoms with Gasteiger partial charge in [0.25, 0.3) is 0 Å². The van der Waals surface area contributed by atoms with E-state index < -0.39 is 0 Å². The lowest BCUT2D eigenvalue weighted by atomic mass is 10.1. The van der Waals surface area contributed by atoms with Crippen LogP contribution in [0.25, 0.3) is 0 Å². The van der Waals surface area contributed by atoms with Gasteiger partial charge in [0.05, 0.1) is 29.4 Å². The molecule has 20 heavy (non-hydrogen) atoms. The molecular weight excluding hydrogens is 278 g/mol. The quantitative estimate of drug-likeness (QED) is 0.845. The normalized spacial score (nSPS) is 26.8. The number of hydrogen-bond acceptors (Lipinski definition) is 4. The van der Waals surface area contributed by atoms with Crippen molar-refractivity contribution in [2.45, 2.75) is 38.3 Å². The molecule has 0 radical (unpaired) electrons. The highest BCUT2D eigenvalue weighted by Gasteiger charge is 2.35. The lowest BCUT2D eigenvalue weighted by Gasteiger charge is -2.34. The molecule has 1 aromatic heterocycles. The third-order valence-corrected chi connectivity index (χ3v) is 4.84. The van der Waals surface area contributed by atoms with Crippen molar-refractivity contribution in [3.63, 3.8) is 0 Å². The summed E-state index contributed by atoms with van der Waals surface area (Å²) in [5, 5.41) is 4.84. The van der Waals surface area contributed by atoms with Gasteiger partial charge in [-0.05, 0) is 26.3 Å². The van der Waals surface area contributed by atoms with E-state index in [2.05, 4.69) is 10.00 Å². The number of ether oxygens (including phenoxy) is 1. The van der Waals surface area contributed by atoms with Crippen LogP contribution < -0.4 is 0 Å². The molecule has 6 heteroatoms. The molecule has 5 nitrogen and oxygen atoms in total. The number of nitrogens with zero attached hydrogens (tertiary/aromatic N) is 3. The SMILES string of the molecule is Cc1nn(C)c(CC(=O)C2CN3CCCC3CO2)c1Cl. The van der Waals surface area contributed by atoms with Gasteiger partial charge in [-0.15, -0.1) is 0 Å². The molecule has 2 fully saturated rings. The van der Waals surface area contributed by atoms with Crippen molar-refractivity contribution < 1.29 is 9.53 Å². The summed E-state index contributed by atoms with van der Waals surface area (Å²) in [5.74, 6) is 0.0975. The minimum Gasteiger partial charge on any atom is -0.367 e. The van der Waals surface area contributed by atoms with Crippen LogP contribution in [-0.2, 0) is 23.0 Å². The van der Waals surface area contributed by atoms with Crippen LogP contribution in [0, 0.1) is 6.92 Å². The first-order valence-electron chi connectivity index (χ1n) is 7.12. The molecule has 0 N–H and O–H groups in total. The Morgan fingerprint density at radius 2 is 2.35 bits per heavy atom. The molecule has 110 valence electrons. The summed E-state index contributed by atoms with van der Waals surface area (Å²) >= 11 is 6.20. The highest BCUT2D eigenvalue weighted by atomic mass is 35.5. The van der Waals surface area contributed by atoms with Crippen LogP contribution in [-0.4, -0.2) is 52.3 Å². The summed E-state index contributed by atoms with van der Waals surface area (Å²) in [6.45, 7) is 4.33. The van der Waals surface area contributed by atoms with Crippen LogP contribution in [0.5, 0.6) is 0 Å². The largest absolute Gasteiger partial charge is 0.367 e. The number of Topliss-reactive ketones (excluding diaryl/α,β-unsaturated/α-hetero) is 1. The Balaban J connectivity index is 1.67. The molecule has 2 saturated heterocycles. The zero-order chi connectivity index (χ0) is 14.3. The summed E-state index contributed by atoms with van der Waals surface area (Å²) in [6, 6.07) is 0.515. The van der Waals surface area contributed by atoms with Crippen LogP contribution in [0.2, 0.25) is 5.02 Å². The number of hydrogen-bond donors (Lipinski definition) is 0. The molecule has 0 amide bonds. The van der Waals surface area contributed by atoms with Gasteiger partial charge in [-0.25, -0.2) is 0 Å². The van der Waals surface area contributed by atoms with E-state index in [1.54, 1.807) is 4.68 Å². The van der Waals surface area contributed by atoms with Gasteiger partial charge in [0.2, 0.25) is 0 Å². The first kappa shape index (κ1) is 14.0. The van der Waals surface area contributed by atoms with Gasteiger partial charge >= 0.3 is 0 Å². The molecule has 0 saturated carbocycles. The van der Waals surface area contributed by atoms with Gasteiger partial charge in [0, 0.05) is 19.6 Å². The molecule has 0 spiro atoms. The lowest BCUT2D eigenvalue weighted by Crippen LogP contribution is -2.49. The number of carbonyl (C=O) groups excluding carboxylic acids is 1. The zero-order valence-corrected chi connectivity index (χ0v) is 12.7. The van der Waals surface area contributed by atoms with Gasteiger partial charge in [-0.3, -0.25) is 14.4 Å². The molecule has 2 aliphatic rings. The standard InChI is InChI=1S/C14H20ClN3O2/c1-9-14(15)11(17(2)16-9)6-12(19)13-7-18-5-3-4-10(18)8-20-13/h10,13H,3-8H2,1-2H3. The van der Waals surface area contributed by atoms with E-state index in [1.165, 1.54) is 12.8 Å². The summed E-state index contributed by atoms with van der Waals surface area (Å²) in [4.78, 5) is 14.8. The van der Waals surface area contributed by atoms with Gasteiger partial charge in [0.1, 0.15) is 6.10 Å². The van der Waals surface area contributed by atoms with Crippen LogP contribution in [0.4, 0.5) is 0 Å². The maximum atomic E-state index is 12.4. The molecule has 3 rings (SSSR count). The van der Waals surface area contributed by atoms with Crippen molar-refractivity contribution in [1.82, 2.24) is 14.7 Å². The van der Waals surface area contributed by atoms with Crippen LogP contribution in [0.1, 0.15) is 24.2 Å². The number of aryl methyl sites for hydroxylation is 2. The number of halogens is 1. The number of ketones is 1. The lowest BCUT2D eigenvalue weighted by molar-refractivity contribution is -0.137. The Morgan fingerprint density at radius 3 is 3.05 bits per heavy atom. The number of morpholine rings is 1.